The standard InChI is InChI=1S/C16H23N5O5S.HI/c1-20(2)15(22)10-18-16(19-13-7-8-27(25,26)11-13)17-9-12-3-5-14(6-4-12)21(23)24;/h3-6,13H,7-11H2,1-2H3,(H2,17,18,19);1H. The van der Waals surface area contributed by atoms with Crippen molar-refractivity contribution in [2.75, 3.05) is 32.1 Å². The number of hydrogen-bond acceptors (Lipinski definition) is 6. The van der Waals surface area contributed by atoms with Crippen molar-refractivity contribution in [1.29, 1.82) is 0 Å². The van der Waals surface area contributed by atoms with Crippen LogP contribution in [0.4, 0.5) is 5.69 Å². The molecule has 0 spiro atoms. The zero-order valence-electron chi connectivity index (χ0n) is 15.6. The molecule has 1 aliphatic rings. The summed E-state index contributed by atoms with van der Waals surface area (Å²) in [5.41, 5.74) is 0.742. The minimum Gasteiger partial charge on any atom is -0.353 e. The number of guanidine groups is 1. The predicted octanol–water partition coefficient (Wildman–Crippen LogP) is 0.523. The Balaban J connectivity index is 0.00000392. The van der Waals surface area contributed by atoms with Gasteiger partial charge in [-0.05, 0) is 12.0 Å². The number of likely N-dealkylation sites (N-methyl/N-ethyl adjacent to an activating group) is 1. The molecule has 10 nitrogen and oxygen atoms in total. The first-order valence-electron chi connectivity index (χ1n) is 8.35. The number of carbonyl (C=O) groups excluding carboxylic acids is 1. The van der Waals surface area contributed by atoms with Crippen molar-refractivity contribution >= 4 is 51.4 Å². The minimum absolute atomic E-state index is 0. The van der Waals surface area contributed by atoms with Gasteiger partial charge in [-0.3, -0.25) is 14.9 Å². The van der Waals surface area contributed by atoms with E-state index >= 15 is 0 Å². The molecular weight excluding hydrogens is 501 g/mol. The molecule has 1 unspecified atom stereocenters. The molecule has 0 aliphatic carbocycles. The van der Waals surface area contributed by atoms with Crippen LogP contribution >= 0.6 is 24.0 Å². The topological polar surface area (TPSA) is 134 Å². The number of carbonyl (C=O) groups is 1. The summed E-state index contributed by atoms with van der Waals surface area (Å²) < 4.78 is 23.3. The fourth-order valence-electron chi connectivity index (χ4n) is 2.47. The number of nitrogens with zero attached hydrogens (tertiary/aromatic N) is 3. The number of benzene rings is 1. The zero-order valence-corrected chi connectivity index (χ0v) is 18.8. The van der Waals surface area contributed by atoms with Gasteiger partial charge in [-0.2, -0.15) is 0 Å². The van der Waals surface area contributed by atoms with Gasteiger partial charge in [0.15, 0.2) is 15.8 Å². The van der Waals surface area contributed by atoms with E-state index in [1.54, 1.807) is 26.2 Å². The Morgan fingerprint density at radius 3 is 2.46 bits per heavy atom. The van der Waals surface area contributed by atoms with Crippen molar-refractivity contribution in [1.82, 2.24) is 15.5 Å². The second-order valence-electron chi connectivity index (χ2n) is 6.47. The summed E-state index contributed by atoms with van der Waals surface area (Å²) in [6, 6.07) is 5.72. The van der Waals surface area contributed by atoms with E-state index in [0.717, 1.165) is 5.56 Å². The lowest BCUT2D eigenvalue weighted by Gasteiger charge is -2.18. The van der Waals surface area contributed by atoms with Gasteiger partial charge in [-0.1, -0.05) is 12.1 Å². The van der Waals surface area contributed by atoms with Gasteiger partial charge in [0.25, 0.3) is 5.69 Å². The van der Waals surface area contributed by atoms with Gasteiger partial charge in [0.1, 0.15) is 0 Å². The predicted molar refractivity (Wildman–Crippen MR) is 117 cm³/mol. The third-order valence-corrected chi connectivity index (χ3v) is 5.81. The molecule has 1 saturated heterocycles. The van der Waals surface area contributed by atoms with E-state index in [1.807, 2.05) is 0 Å². The first-order chi connectivity index (χ1) is 12.7. The number of amides is 1. The lowest BCUT2D eigenvalue weighted by atomic mass is 10.2. The first-order valence-corrected chi connectivity index (χ1v) is 10.2. The molecule has 28 heavy (non-hydrogen) atoms. The molecule has 0 saturated carbocycles. The van der Waals surface area contributed by atoms with Crippen LogP contribution in [0.2, 0.25) is 0 Å². The normalized spacial score (nSPS) is 18.1. The number of sulfone groups is 1. The highest BCUT2D eigenvalue weighted by molar-refractivity contribution is 14.0. The highest BCUT2D eigenvalue weighted by Crippen LogP contribution is 2.13. The Hall–Kier alpha value is -1.96. The molecule has 1 aliphatic heterocycles. The van der Waals surface area contributed by atoms with Crippen molar-refractivity contribution in [3.8, 4) is 0 Å². The summed E-state index contributed by atoms with van der Waals surface area (Å²) in [6.07, 6.45) is 0.474. The number of nitro groups is 1. The third-order valence-electron chi connectivity index (χ3n) is 4.05. The molecule has 0 aromatic heterocycles. The van der Waals surface area contributed by atoms with Crippen LogP contribution in [-0.2, 0) is 21.2 Å². The van der Waals surface area contributed by atoms with Crippen LogP contribution < -0.4 is 10.6 Å². The van der Waals surface area contributed by atoms with Crippen molar-refractivity contribution in [3.63, 3.8) is 0 Å². The Bertz CT molecular complexity index is 826. The van der Waals surface area contributed by atoms with Crippen molar-refractivity contribution in [2.45, 2.75) is 19.0 Å². The fourth-order valence-corrected chi connectivity index (χ4v) is 4.14. The molecular formula is C16H24IN5O5S. The van der Waals surface area contributed by atoms with E-state index in [0.29, 0.717) is 12.4 Å². The summed E-state index contributed by atoms with van der Waals surface area (Å²) >= 11 is 0. The molecule has 12 heteroatoms. The van der Waals surface area contributed by atoms with Crippen molar-refractivity contribution in [2.24, 2.45) is 4.99 Å². The van der Waals surface area contributed by atoms with Crippen LogP contribution in [0.15, 0.2) is 29.3 Å². The van der Waals surface area contributed by atoms with Crippen molar-refractivity contribution < 1.29 is 18.1 Å². The van der Waals surface area contributed by atoms with Crippen LogP contribution in [-0.4, -0.2) is 68.3 Å². The number of hydrogen-bond donors (Lipinski definition) is 2. The second kappa shape index (κ2) is 10.5. The van der Waals surface area contributed by atoms with Gasteiger partial charge < -0.3 is 15.5 Å². The average molecular weight is 525 g/mol. The van der Waals surface area contributed by atoms with Crippen LogP contribution in [0.5, 0.6) is 0 Å². The van der Waals surface area contributed by atoms with E-state index in [2.05, 4.69) is 15.6 Å². The van der Waals surface area contributed by atoms with E-state index in [4.69, 9.17) is 0 Å². The summed E-state index contributed by atoms with van der Waals surface area (Å²) in [4.78, 5) is 27.8. The summed E-state index contributed by atoms with van der Waals surface area (Å²) in [5, 5.41) is 16.6. The number of halogens is 1. The maximum atomic E-state index is 11.8. The summed E-state index contributed by atoms with van der Waals surface area (Å²) in [6.45, 7) is 0.238. The molecule has 2 rings (SSSR count). The van der Waals surface area contributed by atoms with Gasteiger partial charge in [0, 0.05) is 32.3 Å². The van der Waals surface area contributed by atoms with Crippen LogP contribution in [0.1, 0.15) is 12.0 Å². The Morgan fingerprint density at radius 2 is 1.96 bits per heavy atom. The Morgan fingerprint density at radius 1 is 1.32 bits per heavy atom. The Kier molecular flexibility index (Phi) is 9.07. The van der Waals surface area contributed by atoms with Crippen LogP contribution in [0, 0.1) is 10.1 Å². The van der Waals surface area contributed by atoms with Gasteiger partial charge in [-0.25, -0.2) is 13.4 Å². The monoisotopic (exact) mass is 525 g/mol. The quantitative estimate of drug-likeness (QED) is 0.182. The number of rotatable bonds is 6. The molecule has 2 N–H and O–H groups in total. The zero-order chi connectivity index (χ0) is 20.0. The molecule has 1 amide bonds. The van der Waals surface area contributed by atoms with Gasteiger partial charge in [0.2, 0.25) is 5.91 Å². The van der Waals surface area contributed by atoms with Gasteiger partial charge in [0.05, 0.1) is 29.5 Å². The second-order valence-corrected chi connectivity index (χ2v) is 8.70. The molecule has 156 valence electrons. The van der Waals surface area contributed by atoms with Crippen LogP contribution in [0.3, 0.4) is 0 Å². The molecule has 1 fully saturated rings. The van der Waals surface area contributed by atoms with E-state index in [-0.39, 0.29) is 66.2 Å². The Labute approximate surface area is 180 Å². The van der Waals surface area contributed by atoms with E-state index in [9.17, 15) is 23.3 Å². The van der Waals surface area contributed by atoms with E-state index in [1.165, 1.54) is 17.0 Å². The molecule has 1 aromatic rings. The summed E-state index contributed by atoms with van der Waals surface area (Å²) in [5.74, 6) is 0.314. The molecule has 1 aromatic carbocycles. The van der Waals surface area contributed by atoms with E-state index < -0.39 is 14.8 Å². The lowest BCUT2D eigenvalue weighted by Crippen LogP contribution is -2.47. The highest BCUT2D eigenvalue weighted by atomic mass is 127. The minimum atomic E-state index is -3.05. The molecule has 0 bridgehead atoms. The SMILES string of the molecule is CN(C)C(=O)CNC(=NCc1ccc([N+](=O)[O-])cc1)NC1CCS(=O)(=O)C1.I. The van der Waals surface area contributed by atoms with Gasteiger partial charge in [-0.15, -0.1) is 24.0 Å². The van der Waals surface area contributed by atoms with Crippen LogP contribution in [0.25, 0.3) is 0 Å². The third kappa shape index (κ3) is 7.58. The highest BCUT2D eigenvalue weighted by Gasteiger charge is 2.28. The lowest BCUT2D eigenvalue weighted by molar-refractivity contribution is -0.384. The fraction of sp³-hybridized carbons (Fsp3) is 0.500. The largest absolute Gasteiger partial charge is 0.353 e. The number of aliphatic imine (C=N–C) groups is 1. The number of nitrogens with one attached hydrogen (secondary N) is 2. The average Bonchev–Trinajstić information content (AvgIpc) is 2.95. The van der Waals surface area contributed by atoms with Gasteiger partial charge >= 0.3 is 0 Å². The molecule has 1 heterocycles. The molecule has 1 atom stereocenters. The first kappa shape index (κ1) is 24.1. The molecule has 0 radical (unpaired) electrons. The smallest absolute Gasteiger partial charge is 0.269 e. The number of non-ortho nitro benzene ring substituents is 1. The number of nitro benzene ring substituents is 1. The maximum Gasteiger partial charge on any atom is 0.269 e. The summed E-state index contributed by atoms with van der Waals surface area (Å²) in [7, 11) is 0.217. The van der Waals surface area contributed by atoms with Crippen molar-refractivity contribution in [3.05, 3.63) is 39.9 Å². The maximum absolute atomic E-state index is 11.8.